The van der Waals surface area contributed by atoms with Crippen LogP contribution in [0.25, 0.3) is 0 Å². The van der Waals surface area contributed by atoms with Crippen LogP contribution < -0.4 is 0 Å². The van der Waals surface area contributed by atoms with E-state index in [0.29, 0.717) is 10.1 Å². The number of halogens is 1. The van der Waals surface area contributed by atoms with Gasteiger partial charge in [0.25, 0.3) is 0 Å². The Hall–Kier alpha value is 0.0538. The number of hydrogen-bond acceptors (Lipinski definition) is 2. The molecule has 0 saturated carbocycles. The van der Waals surface area contributed by atoms with Crippen molar-refractivity contribution in [3.05, 3.63) is 34.3 Å². The molecule has 0 heterocycles. The highest BCUT2D eigenvalue weighted by atomic mass is 79.9. The molecule has 1 N–H and O–H groups in total. The molecule has 0 atom stereocenters. The molecule has 1 rings (SSSR count). The van der Waals surface area contributed by atoms with Crippen molar-refractivity contribution in [2.24, 2.45) is 0 Å². The molecule has 0 aliphatic carbocycles. The molecule has 0 aliphatic rings. The van der Waals surface area contributed by atoms with Crippen molar-refractivity contribution < 1.29 is 9.22 Å². The lowest BCUT2D eigenvalue weighted by atomic mass is 10.2. The van der Waals surface area contributed by atoms with E-state index in [1.54, 1.807) is 0 Å². The van der Waals surface area contributed by atoms with Crippen LogP contribution in [0.1, 0.15) is 47.1 Å². The third-order valence-electron chi connectivity index (χ3n) is 5.22. The summed E-state index contributed by atoms with van der Waals surface area (Å²) in [5, 5.41) is 9.26. The molecule has 1 aromatic rings. The van der Waals surface area contributed by atoms with Gasteiger partial charge in [-0.2, -0.15) is 0 Å². The molecule has 2 nitrogen and oxygen atoms in total. The molecule has 0 radical (unpaired) electrons. The molecular weight excluding hydrogens is 396 g/mol. The van der Waals surface area contributed by atoms with Crippen LogP contribution in [0.4, 0.5) is 0 Å². The van der Waals surface area contributed by atoms with Crippen molar-refractivity contribution in [2.75, 3.05) is 0 Å². The number of aliphatic hydroxyl groups excluding tert-OH is 1. The van der Waals surface area contributed by atoms with E-state index in [1.165, 1.54) is 0 Å². The van der Waals surface area contributed by atoms with Crippen LogP contribution in [0.15, 0.2) is 28.7 Å². The highest BCUT2D eigenvalue weighted by Crippen LogP contribution is 2.44. The molecule has 0 bridgehead atoms. The number of rotatable bonds is 3. The fourth-order valence-electron chi connectivity index (χ4n) is 1.53. The zero-order valence-corrected chi connectivity index (χ0v) is 20.8. The molecule has 0 aliphatic heterocycles. The van der Waals surface area contributed by atoms with Gasteiger partial charge in [0.2, 0.25) is 0 Å². The van der Waals surface area contributed by atoms with E-state index in [0.717, 1.165) is 10.0 Å². The summed E-state index contributed by atoms with van der Waals surface area (Å²) in [6.45, 7) is 23.4. The van der Waals surface area contributed by atoms with Crippen molar-refractivity contribution in [1.29, 1.82) is 0 Å². The molecule has 0 unspecified atom stereocenters. The minimum Gasteiger partial charge on any atom is -0.455 e. The molecule has 0 saturated heterocycles. The van der Waals surface area contributed by atoms with Crippen molar-refractivity contribution >= 4 is 32.6 Å². The number of aliphatic hydroxyl groups is 1. The van der Waals surface area contributed by atoms with Crippen molar-refractivity contribution in [3.8, 4) is 0 Å². The average Bonchev–Trinajstić information content (AvgIpc) is 2.36. The van der Waals surface area contributed by atoms with Crippen LogP contribution in [-0.2, 0) is 10.7 Å². The Kier molecular flexibility index (Phi) is 8.65. The van der Waals surface area contributed by atoms with Gasteiger partial charge >= 0.3 is 0 Å². The van der Waals surface area contributed by atoms with Crippen molar-refractivity contribution in [3.63, 3.8) is 0 Å². The van der Waals surface area contributed by atoms with E-state index in [1.807, 2.05) is 24.3 Å². The summed E-state index contributed by atoms with van der Waals surface area (Å²) < 4.78 is 7.67. The zero-order chi connectivity index (χ0) is 19.4. The van der Waals surface area contributed by atoms with Gasteiger partial charge in [-0.25, -0.2) is 0 Å². The Labute approximate surface area is 160 Å². The van der Waals surface area contributed by atoms with Gasteiger partial charge in [-0.05, 0) is 54.0 Å². The topological polar surface area (TPSA) is 29.5 Å². The molecule has 0 spiro atoms. The first-order valence-electron chi connectivity index (χ1n) is 8.59. The van der Waals surface area contributed by atoms with Crippen LogP contribution in [0.2, 0.25) is 36.3 Å². The first-order valence-corrected chi connectivity index (χ1v) is 15.2. The largest absolute Gasteiger partial charge is 0.455 e. The summed E-state index contributed by atoms with van der Waals surface area (Å²) in [5.41, 5.74) is 0.943. The third-order valence-corrected chi connectivity index (χ3v) is 17.1. The zero-order valence-electron chi connectivity index (χ0n) is 17.2. The second-order valence-corrected chi connectivity index (χ2v) is 20.2. The summed E-state index contributed by atoms with van der Waals surface area (Å²) in [7, 11) is -3.18. The predicted molar refractivity (Wildman–Crippen MR) is 116 cm³/mol. The Bertz CT molecular complexity index is 474. The second-order valence-electron chi connectivity index (χ2n) is 9.41. The fraction of sp³-hybridized carbons (Fsp3) is 0.684. The van der Waals surface area contributed by atoms with Gasteiger partial charge in [0.15, 0.2) is 16.6 Å². The van der Waals surface area contributed by atoms with E-state index in [-0.39, 0.29) is 6.61 Å². The maximum atomic E-state index is 8.61. The highest BCUT2D eigenvalue weighted by molar-refractivity contribution is 9.10. The maximum absolute atomic E-state index is 8.61. The van der Waals surface area contributed by atoms with Crippen LogP contribution in [0.5, 0.6) is 0 Å². The van der Waals surface area contributed by atoms with Gasteiger partial charge < -0.3 is 9.22 Å². The van der Waals surface area contributed by atoms with Crippen LogP contribution in [-0.4, -0.2) is 21.7 Å². The van der Waals surface area contributed by atoms with Crippen LogP contribution in [0, 0.1) is 0 Å². The van der Waals surface area contributed by atoms with E-state index >= 15 is 0 Å². The normalized spacial score (nSPS) is 13.3. The lowest BCUT2D eigenvalue weighted by molar-refractivity contribution is 0.282. The summed E-state index contributed by atoms with van der Waals surface area (Å²) in [6, 6.07) is 7.57. The quantitative estimate of drug-likeness (QED) is 0.522. The number of benzene rings is 1. The average molecular weight is 434 g/mol. The van der Waals surface area contributed by atoms with Gasteiger partial charge in [-0.15, -0.1) is 0 Å². The van der Waals surface area contributed by atoms with Crippen molar-refractivity contribution in [1.82, 2.24) is 0 Å². The summed E-state index contributed by atoms with van der Waals surface area (Å²) in [5.74, 6) is 0. The molecule has 140 valence electrons. The van der Waals surface area contributed by atoms with E-state index in [9.17, 15) is 0 Å². The molecule has 5 heteroatoms. The SMILES string of the molecule is CC(C)(C)[Si](C)(C)O[Si](C)(C)C(C)(C)C.OCc1ccc(Br)cc1. The Morgan fingerprint density at radius 3 is 1.42 bits per heavy atom. The molecule has 0 amide bonds. The minimum atomic E-state index is -1.59. The monoisotopic (exact) mass is 432 g/mol. The molecule has 0 aromatic heterocycles. The molecular formula is C19H37BrO2Si2. The van der Waals surface area contributed by atoms with Gasteiger partial charge in [-0.1, -0.05) is 69.6 Å². The Morgan fingerprint density at radius 1 is 0.833 bits per heavy atom. The Morgan fingerprint density at radius 2 is 1.17 bits per heavy atom. The van der Waals surface area contributed by atoms with Crippen molar-refractivity contribution in [2.45, 2.75) is 84.4 Å². The molecule has 1 aromatic carbocycles. The van der Waals surface area contributed by atoms with Crippen LogP contribution in [0.3, 0.4) is 0 Å². The predicted octanol–water partition coefficient (Wildman–Crippen LogP) is 6.95. The first-order chi connectivity index (χ1) is 10.5. The standard InChI is InChI=1S/C12H30OSi2.C7H7BrO/c1-11(2,3)14(7,8)13-15(9,10)12(4,5)6;8-7-3-1-6(5-9)2-4-7/h1-10H3;1-4,9H,5H2. The molecule has 0 fully saturated rings. The number of hydrogen-bond donors (Lipinski definition) is 1. The first kappa shape index (κ1) is 24.1. The van der Waals surface area contributed by atoms with Gasteiger partial charge in [0.1, 0.15) is 0 Å². The summed E-state index contributed by atoms with van der Waals surface area (Å²) in [6.07, 6.45) is 0. The van der Waals surface area contributed by atoms with E-state index in [2.05, 4.69) is 83.7 Å². The third kappa shape index (κ3) is 7.52. The lowest BCUT2D eigenvalue weighted by Gasteiger charge is -2.47. The second kappa shape index (κ2) is 8.63. The summed E-state index contributed by atoms with van der Waals surface area (Å²) in [4.78, 5) is 0. The summed E-state index contributed by atoms with van der Waals surface area (Å²) >= 11 is 3.29. The fourth-order valence-corrected chi connectivity index (χ4v) is 9.35. The molecule has 24 heavy (non-hydrogen) atoms. The van der Waals surface area contributed by atoms with E-state index in [4.69, 9.17) is 9.22 Å². The minimum absolute atomic E-state index is 0.118. The maximum Gasteiger partial charge on any atom is 0.178 e. The van der Waals surface area contributed by atoms with E-state index < -0.39 is 16.6 Å². The van der Waals surface area contributed by atoms with Gasteiger partial charge in [-0.3, -0.25) is 0 Å². The highest BCUT2D eigenvalue weighted by Gasteiger charge is 2.46. The smallest absolute Gasteiger partial charge is 0.178 e. The van der Waals surface area contributed by atoms with Crippen LogP contribution >= 0.6 is 15.9 Å². The van der Waals surface area contributed by atoms with Gasteiger partial charge in [0.05, 0.1) is 6.61 Å². The lowest BCUT2D eigenvalue weighted by Crippen LogP contribution is -2.53. The Balaban J connectivity index is 0.000000496. The van der Waals surface area contributed by atoms with Gasteiger partial charge in [0, 0.05) is 4.47 Å².